The van der Waals surface area contributed by atoms with Crippen molar-refractivity contribution in [2.45, 2.75) is 39.3 Å². The Bertz CT molecular complexity index is 2250. The van der Waals surface area contributed by atoms with Gasteiger partial charge in [-0.1, -0.05) is 92.4 Å². The summed E-state index contributed by atoms with van der Waals surface area (Å²) in [4.78, 5) is 22.7. The van der Waals surface area contributed by atoms with Crippen molar-refractivity contribution in [3.8, 4) is 33.5 Å². The summed E-state index contributed by atoms with van der Waals surface area (Å²) in [5, 5.41) is 14.1. The van der Waals surface area contributed by atoms with Crippen LogP contribution in [0.5, 0.6) is 0 Å². The Balaban J connectivity index is 1.39. The summed E-state index contributed by atoms with van der Waals surface area (Å²) >= 11 is 0. The Morgan fingerprint density at radius 1 is 0.830 bits per heavy atom. The number of H-pyrrole nitrogens is 1. The van der Waals surface area contributed by atoms with Crippen LogP contribution < -0.4 is 10.9 Å². The number of ether oxygens (including phenoxy) is 1. The highest BCUT2D eigenvalue weighted by atomic mass is 28.3. The predicted octanol–water partition coefficient (Wildman–Crippen LogP) is 8.13. The molecule has 0 aliphatic carbocycles. The average Bonchev–Trinajstić information content (AvgIpc) is 3.63. The van der Waals surface area contributed by atoms with Gasteiger partial charge in [0.15, 0.2) is 5.82 Å². The number of aryl methyl sites for hydroxylation is 1. The minimum absolute atomic E-state index is 0.255. The molecule has 0 aliphatic rings. The van der Waals surface area contributed by atoms with Crippen molar-refractivity contribution in [1.82, 2.24) is 29.4 Å². The maximum Gasteiger partial charge on any atom is 0.284 e. The number of hydrogen-bond donors (Lipinski definition) is 2. The minimum atomic E-state index is -1.20. The highest BCUT2D eigenvalue weighted by molar-refractivity contribution is 6.76. The van der Waals surface area contributed by atoms with Crippen LogP contribution in [0.1, 0.15) is 5.69 Å². The molecule has 7 aromatic rings. The van der Waals surface area contributed by atoms with Crippen LogP contribution in [-0.2, 0) is 11.5 Å². The molecule has 0 fully saturated rings. The van der Waals surface area contributed by atoms with Crippen LogP contribution in [-0.4, -0.2) is 44.0 Å². The predicted molar refractivity (Wildman–Crippen MR) is 192 cm³/mol. The minimum Gasteiger partial charge on any atom is -0.360 e. The van der Waals surface area contributed by atoms with Gasteiger partial charge >= 0.3 is 0 Å². The highest BCUT2D eigenvalue weighted by Crippen LogP contribution is 2.36. The molecule has 0 bridgehead atoms. The quantitative estimate of drug-likeness (QED) is 0.116. The van der Waals surface area contributed by atoms with Crippen molar-refractivity contribution >= 4 is 36.3 Å². The third-order valence-electron chi connectivity index (χ3n) is 8.23. The fourth-order valence-electron chi connectivity index (χ4n) is 5.70. The molecule has 47 heavy (non-hydrogen) atoms. The first kappa shape index (κ1) is 30.3. The van der Waals surface area contributed by atoms with Gasteiger partial charge in [0, 0.05) is 43.6 Å². The summed E-state index contributed by atoms with van der Waals surface area (Å²) in [7, 11) is -1.20. The van der Waals surface area contributed by atoms with Crippen molar-refractivity contribution < 1.29 is 4.74 Å². The van der Waals surface area contributed by atoms with E-state index in [9.17, 15) is 4.79 Å². The first-order chi connectivity index (χ1) is 22.7. The van der Waals surface area contributed by atoms with Crippen LogP contribution in [0.25, 0.3) is 50.1 Å². The van der Waals surface area contributed by atoms with Gasteiger partial charge in [0.2, 0.25) is 0 Å². The van der Waals surface area contributed by atoms with Crippen LogP contribution in [0, 0.1) is 6.92 Å². The highest BCUT2D eigenvalue weighted by Gasteiger charge is 2.23. The van der Waals surface area contributed by atoms with E-state index in [0.717, 1.165) is 44.9 Å². The molecule has 0 atom stereocenters. The van der Waals surface area contributed by atoms with Crippen molar-refractivity contribution in [2.24, 2.45) is 0 Å². The van der Waals surface area contributed by atoms with E-state index >= 15 is 0 Å². The number of aromatic nitrogens is 6. The summed E-state index contributed by atoms with van der Waals surface area (Å²) in [5.41, 5.74) is 6.72. The first-order valence-electron chi connectivity index (χ1n) is 15.8. The molecule has 0 spiro atoms. The van der Waals surface area contributed by atoms with Crippen molar-refractivity contribution in [3.05, 3.63) is 119 Å². The van der Waals surface area contributed by atoms with E-state index in [2.05, 4.69) is 34.9 Å². The lowest BCUT2D eigenvalue weighted by Crippen LogP contribution is -2.22. The number of fused-ring (bicyclic) bond motifs is 2. The van der Waals surface area contributed by atoms with Gasteiger partial charge in [0.05, 0.1) is 16.6 Å². The van der Waals surface area contributed by atoms with Gasteiger partial charge in [-0.3, -0.25) is 9.78 Å². The van der Waals surface area contributed by atoms with Crippen LogP contribution in [0.4, 0.5) is 11.6 Å². The molecule has 4 heterocycles. The standard InChI is InChI=1S/C37H37N7O2Si/c1-25-22-31(41-43(25)24-46-20-21-47(2,3)4)39-35-33(29-17-18-30-28(23-29)16-11-19-38-30)37(45)44-36(40-35)32(26-12-7-5-8-13-26)34(42-44)27-14-9-6-10-15-27/h5-19,22-23,40H,20-21,24H2,1-4H3,(H,39,41). The molecule has 3 aromatic carbocycles. The molecule has 4 aromatic heterocycles. The Morgan fingerprint density at radius 2 is 1.57 bits per heavy atom. The molecule has 0 saturated heterocycles. The number of anilines is 2. The lowest BCUT2D eigenvalue weighted by molar-refractivity contribution is 0.0773. The number of aromatic amines is 1. The second-order valence-corrected chi connectivity index (χ2v) is 18.6. The summed E-state index contributed by atoms with van der Waals surface area (Å²) < 4.78 is 9.31. The third kappa shape index (κ3) is 6.25. The molecule has 9 nitrogen and oxygen atoms in total. The zero-order valence-electron chi connectivity index (χ0n) is 27.0. The normalized spacial score (nSPS) is 11.8. The topological polar surface area (TPSA) is 102 Å². The second kappa shape index (κ2) is 12.5. The maximum atomic E-state index is 14.6. The molecule has 0 unspecified atom stereocenters. The van der Waals surface area contributed by atoms with Crippen molar-refractivity contribution in [1.29, 1.82) is 0 Å². The number of nitrogens with one attached hydrogen (secondary N) is 2. The molecule has 2 N–H and O–H groups in total. The van der Waals surface area contributed by atoms with Crippen LogP contribution in [0.2, 0.25) is 25.7 Å². The lowest BCUT2D eigenvalue weighted by Gasteiger charge is -2.15. The fraction of sp³-hybridized carbons (Fsp3) is 0.189. The second-order valence-electron chi connectivity index (χ2n) is 13.0. The number of rotatable bonds is 10. The molecule has 0 aliphatic heterocycles. The smallest absolute Gasteiger partial charge is 0.284 e. The number of nitrogens with zero attached hydrogens (tertiary/aromatic N) is 5. The Labute approximate surface area is 273 Å². The van der Waals surface area contributed by atoms with E-state index in [1.54, 1.807) is 6.20 Å². The van der Waals surface area contributed by atoms with Gasteiger partial charge in [-0.25, -0.2) is 4.68 Å². The largest absolute Gasteiger partial charge is 0.360 e. The third-order valence-corrected chi connectivity index (χ3v) is 9.93. The van der Waals surface area contributed by atoms with Gasteiger partial charge in [-0.05, 0) is 42.3 Å². The SMILES string of the molecule is Cc1cc(Nc2[nH]c3c(-c4ccccc4)c(-c4ccccc4)nn3c(=O)c2-c2ccc3ncccc3c2)nn1COCC[Si](C)(C)C. The van der Waals surface area contributed by atoms with Gasteiger partial charge in [0.1, 0.15) is 23.9 Å². The van der Waals surface area contributed by atoms with Gasteiger partial charge in [-0.15, -0.1) is 0 Å². The number of benzene rings is 3. The van der Waals surface area contributed by atoms with E-state index in [0.29, 0.717) is 41.9 Å². The van der Waals surface area contributed by atoms with E-state index in [1.165, 1.54) is 4.52 Å². The van der Waals surface area contributed by atoms with E-state index in [4.69, 9.17) is 14.9 Å². The molecule has 7 rings (SSSR count). The van der Waals surface area contributed by atoms with Gasteiger partial charge < -0.3 is 15.0 Å². The molecular formula is C37H37N7O2Si. The van der Waals surface area contributed by atoms with Gasteiger partial charge in [0.25, 0.3) is 5.56 Å². The number of hydrogen-bond acceptors (Lipinski definition) is 6. The summed E-state index contributed by atoms with van der Waals surface area (Å²) in [6.45, 7) is 10.1. The molecule has 0 radical (unpaired) electrons. The lowest BCUT2D eigenvalue weighted by atomic mass is 10.0. The maximum absolute atomic E-state index is 14.6. The van der Waals surface area contributed by atoms with Crippen molar-refractivity contribution in [3.63, 3.8) is 0 Å². The Kier molecular flexibility index (Phi) is 8.05. The summed E-state index contributed by atoms with van der Waals surface area (Å²) in [5.74, 6) is 1.12. The number of pyridine rings is 1. The average molecular weight is 640 g/mol. The molecule has 0 amide bonds. The van der Waals surface area contributed by atoms with Crippen LogP contribution in [0.3, 0.4) is 0 Å². The molecular weight excluding hydrogens is 603 g/mol. The Hall–Kier alpha value is -5.32. The van der Waals surface area contributed by atoms with E-state index in [1.807, 2.05) is 109 Å². The zero-order chi connectivity index (χ0) is 32.5. The first-order valence-corrected chi connectivity index (χ1v) is 19.5. The zero-order valence-corrected chi connectivity index (χ0v) is 28.0. The summed E-state index contributed by atoms with van der Waals surface area (Å²) in [6.07, 6.45) is 1.77. The molecule has 0 saturated carbocycles. The molecule has 10 heteroatoms. The van der Waals surface area contributed by atoms with Gasteiger partial charge in [-0.2, -0.15) is 14.7 Å². The van der Waals surface area contributed by atoms with Crippen LogP contribution in [0.15, 0.2) is 108 Å². The fourth-order valence-corrected chi connectivity index (χ4v) is 6.46. The monoisotopic (exact) mass is 639 g/mol. The Morgan fingerprint density at radius 3 is 2.32 bits per heavy atom. The van der Waals surface area contributed by atoms with Crippen LogP contribution >= 0.6 is 0 Å². The van der Waals surface area contributed by atoms with E-state index < -0.39 is 8.07 Å². The van der Waals surface area contributed by atoms with Crippen molar-refractivity contribution in [2.75, 3.05) is 11.9 Å². The van der Waals surface area contributed by atoms with E-state index in [-0.39, 0.29) is 5.56 Å². The molecule has 236 valence electrons. The summed E-state index contributed by atoms with van der Waals surface area (Å²) in [6, 6.07) is 32.8.